The van der Waals surface area contributed by atoms with E-state index >= 15 is 0 Å². The number of carbonyl (C=O) groups excluding carboxylic acids is 1. The molecule has 0 spiro atoms. The summed E-state index contributed by atoms with van der Waals surface area (Å²) in [5, 5.41) is 11.9. The first-order valence-electron chi connectivity index (χ1n) is 11.2. The number of nitrogens with zero attached hydrogens (tertiary/aromatic N) is 2. The summed E-state index contributed by atoms with van der Waals surface area (Å²) in [7, 11) is 0. The number of fused-ring (bicyclic) bond motifs is 5. The van der Waals surface area contributed by atoms with Crippen LogP contribution in [0.5, 0.6) is 0 Å². The maximum Gasteiger partial charge on any atom is 0.343 e. The number of hydrogen-bond donors (Lipinski definition) is 2. The normalized spacial score (nSPS) is 18.8. The quantitative estimate of drug-likeness (QED) is 0.462. The molecule has 0 saturated heterocycles. The first-order valence-corrected chi connectivity index (χ1v) is 11.2. The lowest BCUT2D eigenvalue weighted by Gasteiger charge is -2.31. The number of benzene rings is 1. The maximum atomic E-state index is 14.8. The van der Waals surface area contributed by atoms with Crippen LogP contribution < -0.4 is 11.3 Å². The Hall–Kier alpha value is -3.10. The summed E-state index contributed by atoms with van der Waals surface area (Å²) in [4.78, 5) is 30.5. The number of rotatable bonds is 4. The second-order valence-electron chi connectivity index (χ2n) is 8.92. The van der Waals surface area contributed by atoms with Crippen molar-refractivity contribution in [2.24, 2.45) is 5.73 Å². The summed E-state index contributed by atoms with van der Waals surface area (Å²) < 4.78 is 21.5. The number of aromatic nitrogens is 2. The van der Waals surface area contributed by atoms with Gasteiger partial charge >= 0.3 is 5.97 Å². The van der Waals surface area contributed by atoms with Crippen LogP contribution in [0.25, 0.3) is 22.3 Å². The minimum atomic E-state index is -1.88. The van der Waals surface area contributed by atoms with Gasteiger partial charge in [0.2, 0.25) is 0 Å². The van der Waals surface area contributed by atoms with Crippen molar-refractivity contribution >= 4 is 16.9 Å². The predicted octanol–water partition coefficient (Wildman–Crippen LogP) is 2.73. The van der Waals surface area contributed by atoms with E-state index in [9.17, 15) is 19.1 Å². The average Bonchev–Trinajstić information content (AvgIpc) is 3.17. The van der Waals surface area contributed by atoms with Crippen LogP contribution in [0.3, 0.4) is 0 Å². The summed E-state index contributed by atoms with van der Waals surface area (Å²) in [6, 6.07) is 3.10. The summed E-state index contributed by atoms with van der Waals surface area (Å²) in [6.07, 6.45) is 1.45. The van der Waals surface area contributed by atoms with Gasteiger partial charge in [-0.3, -0.25) is 4.79 Å². The third-order valence-corrected chi connectivity index (χ3v) is 7.21. The van der Waals surface area contributed by atoms with E-state index in [1.807, 2.05) is 6.92 Å². The molecule has 0 radical (unpaired) electrons. The van der Waals surface area contributed by atoms with E-state index < -0.39 is 11.6 Å². The Morgan fingerprint density at radius 1 is 1.24 bits per heavy atom. The number of pyridine rings is 2. The number of aryl methyl sites for hydroxylation is 2. The molecular weight excluding hydrogens is 425 g/mol. The Balaban J connectivity index is 1.80. The molecule has 0 bridgehead atoms. The van der Waals surface area contributed by atoms with Crippen molar-refractivity contribution in [1.29, 1.82) is 0 Å². The lowest BCUT2D eigenvalue weighted by atomic mass is 9.86. The average molecular weight is 451 g/mol. The van der Waals surface area contributed by atoms with Gasteiger partial charge in [-0.25, -0.2) is 14.2 Å². The van der Waals surface area contributed by atoms with Crippen molar-refractivity contribution in [2.75, 3.05) is 6.54 Å². The van der Waals surface area contributed by atoms with Crippen LogP contribution in [0.2, 0.25) is 0 Å². The van der Waals surface area contributed by atoms with E-state index in [2.05, 4.69) is 0 Å². The summed E-state index contributed by atoms with van der Waals surface area (Å²) >= 11 is 0. The number of esters is 1. The molecule has 4 heterocycles. The van der Waals surface area contributed by atoms with Gasteiger partial charge in [0.1, 0.15) is 12.4 Å². The van der Waals surface area contributed by atoms with Gasteiger partial charge in [0, 0.05) is 22.6 Å². The highest BCUT2D eigenvalue weighted by Crippen LogP contribution is 2.41. The molecule has 0 fully saturated rings. The topological polar surface area (TPSA) is 107 Å². The number of aliphatic hydroxyl groups is 1. The fourth-order valence-electron chi connectivity index (χ4n) is 5.22. The predicted molar refractivity (Wildman–Crippen MR) is 121 cm³/mol. The summed E-state index contributed by atoms with van der Waals surface area (Å²) in [5.41, 5.74) is 9.00. The van der Waals surface area contributed by atoms with Crippen LogP contribution in [0.1, 0.15) is 53.1 Å². The Labute approximate surface area is 190 Å². The lowest BCUT2D eigenvalue weighted by molar-refractivity contribution is -0.172. The Morgan fingerprint density at radius 2 is 2.00 bits per heavy atom. The largest absolute Gasteiger partial charge is 0.458 e. The molecule has 33 heavy (non-hydrogen) atoms. The van der Waals surface area contributed by atoms with Crippen LogP contribution in [0.4, 0.5) is 4.39 Å². The molecule has 5 rings (SSSR count). The van der Waals surface area contributed by atoms with Crippen molar-refractivity contribution in [2.45, 2.75) is 58.8 Å². The van der Waals surface area contributed by atoms with Crippen LogP contribution in [-0.4, -0.2) is 27.2 Å². The van der Waals surface area contributed by atoms with Gasteiger partial charge in [0.25, 0.3) is 5.56 Å². The van der Waals surface area contributed by atoms with E-state index in [1.165, 1.54) is 6.07 Å². The SMILES string of the molecule is CC[C@@]1(O)C(=O)OCc2c1cc1n(c2=O)Cc2c-1nc1cc(F)c(C)c(CCCN)c1c2C. The smallest absolute Gasteiger partial charge is 0.343 e. The Bertz CT molecular complexity index is 1410. The molecule has 2 aromatic heterocycles. The fourth-order valence-corrected chi connectivity index (χ4v) is 5.22. The minimum absolute atomic E-state index is 0.0771. The third-order valence-electron chi connectivity index (χ3n) is 7.21. The monoisotopic (exact) mass is 451 g/mol. The van der Waals surface area contributed by atoms with E-state index in [0.717, 1.165) is 28.5 Å². The number of nitrogens with two attached hydrogens (primary N) is 1. The van der Waals surface area contributed by atoms with Crippen LogP contribution in [0, 0.1) is 19.7 Å². The highest BCUT2D eigenvalue weighted by Gasteiger charge is 2.45. The Morgan fingerprint density at radius 3 is 2.70 bits per heavy atom. The highest BCUT2D eigenvalue weighted by atomic mass is 19.1. The second-order valence-corrected chi connectivity index (χ2v) is 8.92. The van der Waals surface area contributed by atoms with Crippen LogP contribution >= 0.6 is 0 Å². The zero-order valence-electron chi connectivity index (χ0n) is 18.9. The van der Waals surface area contributed by atoms with E-state index in [0.29, 0.717) is 42.0 Å². The van der Waals surface area contributed by atoms with Gasteiger partial charge in [0.05, 0.1) is 29.0 Å². The number of ether oxygens (including phenoxy) is 1. The molecule has 2 aliphatic heterocycles. The van der Waals surface area contributed by atoms with Crippen molar-refractivity contribution in [3.05, 3.63) is 61.7 Å². The van der Waals surface area contributed by atoms with E-state index in [-0.39, 0.29) is 35.5 Å². The molecule has 7 nitrogen and oxygen atoms in total. The Kier molecular flexibility index (Phi) is 4.91. The number of hydrogen-bond acceptors (Lipinski definition) is 6. The number of halogens is 1. The first kappa shape index (κ1) is 21.7. The third kappa shape index (κ3) is 2.90. The molecule has 0 unspecified atom stereocenters. The number of carbonyl (C=O) groups is 1. The van der Waals surface area contributed by atoms with Crippen LogP contribution in [0.15, 0.2) is 16.9 Å². The molecule has 0 saturated carbocycles. The lowest BCUT2D eigenvalue weighted by Crippen LogP contribution is -2.44. The molecule has 1 atom stereocenters. The van der Waals surface area contributed by atoms with Gasteiger partial charge in [-0.2, -0.15) is 0 Å². The van der Waals surface area contributed by atoms with Crippen molar-refractivity contribution in [3.8, 4) is 11.4 Å². The molecule has 0 aliphatic carbocycles. The van der Waals surface area contributed by atoms with Gasteiger partial charge in [-0.05, 0) is 62.4 Å². The van der Waals surface area contributed by atoms with E-state index in [1.54, 1.807) is 24.5 Å². The zero-order valence-corrected chi connectivity index (χ0v) is 18.9. The minimum Gasteiger partial charge on any atom is -0.458 e. The highest BCUT2D eigenvalue weighted by molar-refractivity contribution is 5.92. The molecule has 172 valence electrons. The molecule has 8 heteroatoms. The molecule has 3 N–H and O–H groups in total. The molecule has 3 aromatic rings. The van der Waals surface area contributed by atoms with Crippen molar-refractivity contribution < 1.29 is 19.0 Å². The molecule has 2 aliphatic rings. The van der Waals surface area contributed by atoms with Gasteiger partial charge in [-0.15, -0.1) is 0 Å². The summed E-state index contributed by atoms with van der Waals surface area (Å²) in [6.45, 7) is 6.05. The van der Waals surface area contributed by atoms with Gasteiger partial charge in [-0.1, -0.05) is 6.92 Å². The fraction of sp³-hybridized carbons (Fsp3) is 0.400. The number of cyclic esters (lactones) is 1. The standard InChI is InChI=1S/C25H26FN3O4/c1-4-25(32)17-8-20-22-15(10-29(20)23(30)16(17)11-33-24(25)31)13(3)21-14(6-5-7-27)12(2)18(26)9-19(21)28-22/h8-9,32H,4-7,10-11,27H2,1-3H3/t25-/m0/s1. The maximum absolute atomic E-state index is 14.8. The zero-order chi connectivity index (χ0) is 23.7. The molecule has 0 amide bonds. The molecular formula is C25H26FN3O4. The first-order chi connectivity index (χ1) is 15.7. The van der Waals surface area contributed by atoms with Crippen LogP contribution in [-0.2, 0) is 34.7 Å². The van der Waals surface area contributed by atoms with Crippen molar-refractivity contribution in [3.63, 3.8) is 0 Å². The molecule has 1 aromatic carbocycles. The van der Waals surface area contributed by atoms with E-state index in [4.69, 9.17) is 15.5 Å². The van der Waals surface area contributed by atoms with Crippen molar-refractivity contribution in [1.82, 2.24) is 9.55 Å². The van der Waals surface area contributed by atoms with Gasteiger partial charge in [0.15, 0.2) is 5.60 Å². The van der Waals surface area contributed by atoms with Gasteiger partial charge < -0.3 is 20.1 Å². The summed E-state index contributed by atoms with van der Waals surface area (Å²) in [5.74, 6) is -1.09. The second kappa shape index (κ2) is 7.46.